The molecule has 0 fully saturated rings. The fourth-order valence-corrected chi connectivity index (χ4v) is 2.70. The standard InChI is InChI=1S/C19H14N4O7/c24-13-4-1-11(2-5-13)19(15-7-6-14(25)10-18(15)26)21-20-16-8-3-12(22(27)28)9-17(16)23(29)30/h1-10,19,24-26H. The van der Waals surface area contributed by atoms with E-state index in [1.54, 1.807) is 0 Å². The van der Waals surface area contributed by atoms with Crippen molar-refractivity contribution in [1.82, 2.24) is 0 Å². The number of phenols is 3. The molecule has 0 aromatic heterocycles. The number of phenolic OH excluding ortho intramolecular Hbond substituents is 3. The minimum absolute atomic E-state index is 0.00428. The number of nitro groups is 2. The van der Waals surface area contributed by atoms with E-state index in [1.165, 1.54) is 36.4 Å². The van der Waals surface area contributed by atoms with E-state index < -0.39 is 27.3 Å². The molecule has 0 aliphatic carbocycles. The van der Waals surface area contributed by atoms with Gasteiger partial charge in [0.05, 0.1) is 15.9 Å². The minimum atomic E-state index is -0.944. The summed E-state index contributed by atoms with van der Waals surface area (Å²) in [6, 6.07) is 11.7. The van der Waals surface area contributed by atoms with Crippen LogP contribution in [-0.4, -0.2) is 25.2 Å². The van der Waals surface area contributed by atoms with Crippen LogP contribution < -0.4 is 0 Å². The van der Waals surface area contributed by atoms with Crippen molar-refractivity contribution < 1.29 is 25.2 Å². The second-order valence-corrected chi connectivity index (χ2v) is 6.14. The second kappa shape index (κ2) is 8.22. The van der Waals surface area contributed by atoms with Crippen molar-refractivity contribution in [2.45, 2.75) is 6.04 Å². The smallest absolute Gasteiger partial charge is 0.303 e. The van der Waals surface area contributed by atoms with E-state index >= 15 is 0 Å². The molecule has 0 bridgehead atoms. The second-order valence-electron chi connectivity index (χ2n) is 6.14. The van der Waals surface area contributed by atoms with Crippen LogP contribution in [0.25, 0.3) is 0 Å². The first kappa shape index (κ1) is 20.2. The van der Waals surface area contributed by atoms with Gasteiger partial charge < -0.3 is 15.3 Å². The monoisotopic (exact) mass is 410 g/mol. The van der Waals surface area contributed by atoms with Gasteiger partial charge in [0.15, 0.2) is 5.69 Å². The van der Waals surface area contributed by atoms with E-state index in [9.17, 15) is 35.5 Å². The molecule has 0 radical (unpaired) electrons. The Morgan fingerprint density at radius 2 is 1.47 bits per heavy atom. The Morgan fingerprint density at radius 3 is 2.07 bits per heavy atom. The maximum atomic E-state index is 11.3. The number of benzene rings is 3. The molecule has 3 aromatic rings. The van der Waals surface area contributed by atoms with Gasteiger partial charge in [-0.3, -0.25) is 20.2 Å². The van der Waals surface area contributed by atoms with Crippen LogP contribution in [0, 0.1) is 20.2 Å². The molecule has 0 amide bonds. The number of hydrogen-bond acceptors (Lipinski definition) is 9. The van der Waals surface area contributed by atoms with Crippen LogP contribution >= 0.6 is 0 Å². The maximum absolute atomic E-state index is 11.3. The predicted molar refractivity (Wildman–Crippen MR) is 104 cm³/mol. The zero-order valence-corrected chi connectivity index (χ0v) is 15.1. The van der Waals surface area contributed by atoms with Crippen LogP contribution in [0.15, 0.2) is 70.9 Å². The average molecular weight is 410 g/mol. The number of nitro benzene ring substituents is 2. The van der Waals surface area contributed by atoms with Gasteiger partial charge in [-0.1, -0.05) is 12.1 Å². The molecule has 1 unspecified atom stereocenters. The molecule has 152 valence electrons. The lowest BCUT2D eigenvalue weighted by Crippen LogP contribution is -1.98. The van der Waals surface area contributed by atoms with Crippen molar-refractivity contribution in [2.75, 3.05) is 0 Å². The molecule has 0 heterocycles. The molecule has 0 aliphatic rings. The molecule has 0 saturated heterocycles. The van der Waals surface area contributed by atoms with Gasteiger partial charge in [0.1, 0.15) is 23.3 Å². The zero-order chi connectivity index (χ0) is 21.8. The van der Waals surface area contributed by atoms with Crippen molar-refractivity contribution in [1.29, 1.82) is 0 Å². The average Bonchev–Trinajstić information content (AvgIpc) is 2.70. The number of non-ortho nitro benzene ring substituents is 1. The zero-order valence-electron chi connectivity index (χ0n) is 15.1. The fourth-order valence-electron chi connectivity index (χ4n) is 2.70. The van der Waals surface area contributed by atoms with E-state index in [1.807, 2.05) is 0 Å². The Balaban J connectivity index is 2.09. The molecule has 0 spiro atoms. The summed E-state index contributed by atoms with van der Waals surface area (Å²) < 4.78 is 0. The summed E-state index contributed by atoms with van der Waals surface area (Å²) in [6.07, 6.45) is 0. The van der Waals surface area contributed by atoms with Gasteiger partial charge in [-0.05, 0) is 35.9 Å². The van der Waals surface area contributed by atoms with Crippen molar-refractivity contribution in [3.05, 3.63) is 92.0 Å². The highest BCUT2D eigenvalue weighted by molar-refractivity contribution is 5.61. The van der Waals surface area contributed by atoms with Crippen LogP contribution in [0.2, 0.25) is 0 Å². The van der Waals surface area contributed by atoms with Crippen LogP contribution in [0.3, 0.4) is 0 Å². The molecule has 11 heteroatoms. The Kier molecular flexibility index (Phi) is 5.54. The Labute approximate surface area is 168 Å². The van der Waals surface area contributed by atoms with E-state index in [0.29, 0.717) is 5.56 Å². The molecule has 3 rings (SSSR count). The predicted octanol–water partition coefficient (Wildman–Crippen LogP) is 4.49. The highest BCUT2D eigenvalue weighted by Crippen LogP contribution is 2.38. The van der Waals surface area contributed by atoms with Crippen molar-refractivity contribution >= 4 is 17.1 Å². The van der Waals surface area contributed by atoms with E-state index in [0.717, 1.165) is 24.3 Å². The highest BCUT2D eigenvalue weighted by Gasteiger charge is 2.22. The SMILES string of the molecule is O=[N+]([O-])c1ccc(N=NC(c2ccc(O)cc2)c2ccc(O)cc2O)c([N+](=O)[O-])c1. The third kappa shape index (κ3) is 4.30. The van der Waals surface area contributed by atoms with Crippen LogP contribution in [0.1, 0.15) is 17.2 Å². The molecular formula is C19H14N4O7. The molecule has 30 heavy (non-hydrogen) atoms. The van der Waals surface area contributed by atoms with Gasteiger partial charge in [-0.25, -0.2) is 0 Å². The van der Waals surface area contributed by atoms with Crippen molar-refractivity contribution in [3.63, 3.8) is 0 Å². The molecule has 0 aliphatic heterocycles. The summed E-state index contributed by atoms with van der Waals surface area (Å²) in [6.45, 7) is 0. The number of nitrogens with zero attached hydrogens (tertiary/aromatic N) is 4. The first-order valence-corrected chi connectivity index (χ1v) is 8.40. The van der Waals surface area contributed by atoms with Gasteiger partial charge >= 0.3 is 5.69 Å². The normalized spacial score (nSPS) is 12.0. The summed E-state index contributed by atoms with van der Waals surface area (Å²) in [7, 11) is 0. The Morgan fingerprint density at radius 1 is 0.800 bits per heavy atom. The number of aromatic hydroxyl groups is 3. The number of azo groups is 1. The highest BCUT2D eigenvalue weighted by atomic mass is 16.6. The quantitative estimate of drug-likeness (QED) is 0.305. The molecule has 0 saturated carbocycles. The summed E-state index contributed by atoms with van der Waals surface area (Å²) >= 11 is 0. The first-order chi connectivity index (χ1) is 14.3. The van der Waals surface area contributed by atoms with Crippen LogP contribution in [0.4, 0.5) is 17.1 Å². The van der Waals surface area contributed by atoms with Gasteiger partial charge in [-0.15, -0.1) is 5.11 Å². The molecule has 1 atom stereocenters. The molecular weight excluding hydrogens is 396 g/mol. The van der Waals surface area contributed by atoms with Gasteiger partial charge in [-0.2, -0.15) is 5.11 Å². The number of hydrogen-bond donors (Lipinski definition) is 3. The first-order valence-electron chi connectivity index (χ1n) is 8.40. The molecule has 3 aromatic carbocycles. The maximum Gasteiger partial charge on any atom is 0.303 e. The lowest BCUT2D eigenvalue weighted by atomic mass is 9.98. The fraction of sp³-hybridized carbons (Fsp3) is 0.0526. The van der Waals surface area contributed by atoms with Gasteiger partial charge in [0, 0.05) is 17.7 Å². The summed E-state index contributed by atoms with van der Waals surface area (Å²) in [4.78, 5) is 20.6. The summed E-state index contributed by atoms with van der Waals surface area (Å²) in [5.74, 6) is -0.468. The molecule has 11 nitrogen and oxygen atoms in total. The Bertz CT molecular complexity index is 1150. The van der Waals surface area contributed by atoms with Crippen molar-refractivity contribution in [2.24, 2.45) is 10.2 Å². The van der Waals surface area contributed by atoms with Gasteiger partial charge in [0.2, 0.25) is 0 Å². The third-order valence-corrected chi connectivity index (χ3v) is 4.16. The van der Waals surface area contributed by atoms with E-state index in [4.69, 9.17) is 0 Å². The topological polar surface area (TPSA) is 172 Å². The van der Waals surface area contributed by atoms with E-state index in [-0.39, 0.29) is 28.5 Å². The molecule has 3 N–H and O–H groups in total. The summed E-state index contributed by atoms with van der Waals surface area (Å²) in [5.41, 5.74) is -0.555. The van der Waals surface area contributed by atoms with Crippen LogP contribution in [0.5, 0.6) is 17.2 Å². The lowest BCUT2D eigenvalue weighted by Gasteiger charge is -2.14. The van der Waals surface area contributed by atoms with Crippen molar-refractivity contribution in [3.8, 4) is 17.2 Å². The van der Waals surface area contributed by atoms with Gasteiger partial charge in [0.25, 0.3) is 5.69 Å². The minimum Gasteiger partial charge on any atom is -0.508 e. The lowest BCUT2D eigenvalue weighted by molar-refractivity contribution is -0.393. The summed E-state index contributed by atoms with van der Waals surface area (Å²) in [5, 5.41) is 59.4. The van der Waals surface area contributed by atoms with Crippen LogP contribution in [-0.2, 0) is 0 Å². The largest absolute Gasteiger partial charge is 0.508 e. The number of rotatable bonds is 6. The Hall–Kier alpha value is -4.54. The van der Waals surface area contributed by atoms with E-state index in [2.05, 4.69) is 10.2 Å². The third-order valence-electron chi connectivity index (χ3n) is 4.16.